The van der Waals surface area contributed by atoms with Crippen molar-refractivity contribution in [2.24, 2.45) is 0 Å². The molecule has 0 spiro atoms. The van der Waals surface area contributed by atoms with Crippen molar-refractivity contribution in [2.75, 3.05) is 0 Å². The minimum absolute atomic E-state index is 0.175. The Bertz CT molecular complexity index is 748. The number of rotatable bonds is 2. The molecule has 0 aromatic carbocycles. The zero-order chi connectivity index (χ0) is 12.5. The fourth-order valence-electron chi connectivity index (χ4n) is 1.78. The van der Waals surface area contributed by atoms with E-state index in [1.165, 1.54) is 15.4 Å². The Kier molecular flexibility index (Phi) is 2.60. The van der Waals surface area contributed by atoms with Crippen LogP contribution in [0, 0.1) is 0 Å². The van der Waals surface area contributed by atoms with Gasteiger partial charge in [0.2, 0.25) is 0 Å². The van der Waals surface area contributed by atoms with Gasteiger partial charge in [-0.2, -0.15) is 5.10 Å². The van der Waals surface area contributed by atoms with Gasteiger partial charge in [-0.3, -0.25) is 14.3 Å². The van der Waals surface area contributed by atoms with Crippen molar-refractivity contribution in [1.82, 2.24) is 19.2 Å². The van der Waals surface area contributed by atoms with Crippen LogP contribution in [0.5, 0.6) is 0 Å². The van der Waals surface area contributed by atoms with Gasteiger partial charge in [-0.1, -0.05) is 17.7 Å². The summed E-state index contributed by atoms with van der Waals surface area (Å²) in [5, 5.41) is 4.53. The van der Waals surface area contributed by atoms with E-state index < -0.39 is 0 Å². The molecule has 0 amide bonds. The molecule has 0 saturated heterocycles. The fourth-order valence-corrected chi connectivity index (χ4v) is 2.00. The second-order valence-corrected chi connectivity index (χ2v) is 4.25. The summed E-state index contributed by atoms with van der Waals surface area (Å²) < 4.78 is 2.96. The number of nitrogens with zero attached hydrogens (tertiary/aromatic N) is 4. The van der Waals surface area contributed by atoms with Crippen LogP contribution in [-0.4, -0.2) is 19.2 Å². The van der Waals surface area contributed by atoms with Crippen LogP contribution in [0.25, 0.3) is 5.52 Å². The van der Waals surface area contributed by atoms with Crippen molar-refractivity contribution < 1.29 is 0 Å². The number of pyridine rings is 1. The second-order valence-electron chi connectivity index (χ2n) is 3.84. The first-order valence-corrected chi connectivity index (χ1v) is 5.76. The Morgan fingerprint density at radius 3 is 2.94 bits per heavy atom. The molecule has 0 aliphatic heterocycles. The largest absolute Gasteiger partial charge is 0.290 e. The van der Waals surface area contributed by atoms with E-state index in [1.807, 2.05) is 18.2 Å². The molecule has 0 radical (unpaired) electrons. The molecule has 18 heavy (non-hydrogen) atoms. The van der Waals surface area contributed by atoms with Crippen LogP contribution in [-0.2, 0) is 6.54 Å². The summed E-state index contributed by atoms with van der Waals surface area (Å²) in [4.78, 5) is 16.4. The Labute approximate surface area is 107 Å². The molecule has 5 nitrogen and oxygen atoms in total. The third kappa shape index (κ3) is 1.78. The van der Waals surface area contributed by atoms with Crippen molar-refractivity contribution in [3.63, 3.8) is 0 Å². The molecule has 0 bridgehead atoms. The zero-order valence-electron chi connectivity index (χ0n) is 9.32. The molecule has 3 heterocycles. The summed E-state index contributed by atoms with van der Waals surface area (Å²) in [6.07, 6.45) is 4.83. The van der Waals surface area contributed by atoms with E-state index in [2.05, 4.69) is 10.1 Å². The maximum Gasteiger partial charge on any atom is 0.279 e. The molecule has 0 aliphatic carbocycles. The van der Waals surface area contributed by atoms with Gasteiger partial charge in [0.05, 0.1) is 17.3 Å². The molecular formula is C12H9ClN4O. The zero-order valence-corrected chi connectivity index (χ0v) is 10.1. The van der Waals surface area contributed by atoms with Crippen molar-refractivity contribution in [3.05, 3.63) is 64.1 Å². The lowest BCUT2D eigenvalue weighted by molar-refractivity contribution is 0.691. The van der Waals surface area contributed by atoms with E-state index >= 15 is 0 Å². The van der Waals surface area contributed by atoms with Crippen LogP contribution in [0.2, 0.25) is 5.02 Å². The highest BCUT2D eigenvalue weighted by Gasteiger charge is 2.08. The van der Waals surface area contributed by atoms with Crippen LogP contribution < -0.4 is 5.56 Å². The summed E-state index contributed by atoms with van der Waals surface area (Å²) in [5.41, 5.74) is 1.01. The summed E-state index contributed by atoms with van der Waals surface area (Å²) in [5.74, 6) is 0. The van der Waals surface area contributed by atoms with Crippen molar-refractivity contribution in [2.45, 2.75) is 6.54 Å². The number of halogens is 1. The molecule has 3 rings (SSSR count). The molecule has 3 aromatic heterocycles. The number of hydrogen-bond acceptors (Lipinski definition) is 3. The van der Waals surface area contributed by atoms with Crippen molar-refractivity contribution in [3.8, 4) is 0 Å². The molecule has 0 saturated carbocycles. The average Bonchev–Trinajstić information content (AvgIpc) is 2.77. The van der Waals surface area contributed by atoms with Crippen LogP contribution in [0.4, 0.5) is 0 Å². The van der Waals surface area contributed by atoms with Gasteiger partial charge in [0.15, 0.2) is 0 Å². The van der Waals surface area contributed by atoms with Gasteiger partial charge >= 0.3 is 0 Å². The van der Waals surface area contributed by atoms with Crippen LogP contribution >= 0.6 is 11.6 Å². The summed E-state index contributed by atoms with van der Waals surface area (Å²) >= 11 is 5.96. The summed E-state index contributed by atoms with van der Waals surface area (Å²) in [6, 6.07) is 7.22. The SMILES string of the molecule is O=c1c2c(Cl)ccn2ncn1Cc1ccccn1. The molecule has 0 aliphatic rings. The topological polar surface area (TPSA) is 52.2 Å². The maximum atomic E-state index is 12.2. The summed E-state index contributed by atoms with van der Waals surface area (Å²) in [7, 11) is 0. The van der Waals surface area contributed by atoms with E-state index in [0.717, 1.165) is 5.69 Å². The molecule has 3 aromatic rings. The van der Waals surface area contributed by atoms with E-state index in [9.17, 15) is 4.79 Å². The van der Waals surface area contributed by atoms with E-state index in [-0.39, 0.29) is 5.56 Å². The summed E-state index contributed by atoms with van der Waals surface area (Å²) in [6.45, 7) is 0.380. The Hall–Kier alpha value is -2.14. The molecule has 0 fully saturated rings. The first-order chi connectivity index (χ1) is 8.75. The van der Waals surface area contributed by atoms with Gasteiger partial charge in [-0.05, 0) is 18.2 Å². The Balaban J connectivity index is 2.11. The predicted molar refractivity (Wildman–Crippen MR) is 67.8 cm³/mol. The quantitative estimate of drug-likeness (QED) is 0.703. The number of aromatic nitrogens is 4. The first-order valence-electron chi connectivity index (χ1n) is 5.38. The maximum absolute atomic E-state index is 12.2. The normalized spacial score (nSPS) is 10.9. The van der Waals surface area contributed by atoms with Gasteiger partial charge < -0.3 is 0 Å². The van der Waals surface area contributed by atoms with E-state index in [4.69, 9.17) is 11.6 Å². The van der Waals surface area contributed by atoms with Crippen molar-refractivity contribution in [1.29, 1.82) is 0 Å². The molecular weight excluding hydrogens is 252 g/mol. The van der Waals surface area contributed by atoms with Crippen LogP contribution in [0.15, 0.2) is 47.8 Å². The minimum Gasteiger partial charge on any atom is -0.290 e. The van der Waals surface area contributed by atoms with Gasteiger partial charge in [0.1, 0.15) is 11.8 Å². The molecule has 0 unspecified atom stereocenters. The Morgan fingerprint density at radius 1 is 1.28 bits per heavy atom. The van der Waals surface area contributed by atoms with Gasteiger partial charge in [-0.25, -0.2) is 4.52 Å². The fraction of sp³-hybridized carbons (Fsp3) is 0.0833. The van der Waals surface area contributed by atoms with E-state index in [0.29, 0.717) is 17.1 Å². The van der Waals surface area contributed by atoms with Crippen LogP contribution in [0.1, 0.15) is 5.69 Å². The third-order valence-electron chi connectivity index (χ3n) is 2.65. The molecule has 90 valence electrons. The highest BCUT2D eigenvalue weighted by Crippen LogP contribution is 2.13. The molecule has 0 atom stereocenters. The monoisotopic (exact) mass is 260 g/mol. The predicted octanol–water partition coefficient (Wildman–Crippen LogP) is 1.59. The highest BCUT2D eigenvalue weighted by molar-refractivity contribution is 6.33. The second kappa shape index (κ2) is 4.27. The Morgan fingerprint density at radius 2 is 2.17 bits per heavy atom. The number of fused-ring (bicyclic) bond motifs is 1. The smallest absolute Gasteiger partial charge is 0.279 e. The lowest BCUT2D eigenvalue weighted by Gasteiger charge is -2.05. The molecule has 0 N–H and O–H groups in total. The minimum atomic E-state index is -0.175. The standard InChI is InChI=1S/C12H9ClN4O/c13-10-4-6-17-11(10)12(18)16(8-15-17)7-9-3-1-2-5-14-9/h1-6,8H,7H2. The lowest BCUT2D eigenvalue weighted by Crippen LogP contribution is -2.23. The van der Waals surface area contributed by atoms with Gasteiger partial charge in [-0.15, -0.1) is 0 Å². The van der Waals surface area contributed by atoms with Crippen LogP contribution in [0.3, 0.4) is 0 Å². The van der Waals surface area contributed by atoms with Gasteiger partial charge in [0, 0.05) is 12.4 Å². The van der Waals surface area contributed by atoms with Crippen molar-refractivity contribution >= 4 is 17.1 Å². The molecule has 6 heteroatoms. The van der Waals surface area contributed by atoms with Gasteiger partial charge in [0.25, 0.3) is 5.56 Å². The lowest BCUT2D eigenvalue weighted by atomic mass is 10.3. The third-order valence-corrected chi connectivity index (χ3v) is 2.96. The average molecular weight is 261 g/mol. The first kappa shape index (κ1) is 11.0. The highest BCUT2D eigenvalue weighted by atomic mass is 35.5. The van der Waals surface area contributed by atoms with E-state index in [1.54, 1.807) is 18.5 Å². The number of hydrogen-bond donors (Lipinski definition) is 0.